The van der Waals surface area contributed by atoms with Gasteiger partial charge in [0.05, 0.1) is 5.52 Å². The first-order chi connectivity index (χ1) is 11.8. The summed E-state index contributed by atoms with van der Waals surface area (Å²) in [4.78, 5) is 4.66. The SMILES string of the molecule is CCCCCCCCCCCCN=C(C)n1nnc2ccccc21. The number of benzene rings is 1. The number of para-hydroxylation sites is 1. The van der Waals surface area contributed by atoms with E-state index in [1.165, 1.54) is 64.2 Å². The van der Waals surface area contributed by atoms with Crippen LogP contribution in [-0.2, 0) is 0 Å². The highest BCUT2D eigenvalue weighted by atomic mass is 15.4. The lowest BCUT2D eigenvalue weighted by molar-refractivity contribution is 0.558. The first kappa shape index (κ1) is 18.6. The second kappa shape index (κ2) is 11.0. The minimum atomic E-state index is 0.885. The van der Waals surface area contributed by atoms with E-state index in [1.54, 1.807) is 0 Å². The smallest absolute Gasteiger partial charge is 0.124 e. The Bertz CT molecular complexity index is 615. The third-order valence-corrected chi connectivity index (χ3v) is 4.51. The molecule has 0 radical (unpaired) electrons. The van der Waals surface area contributed by atoms with Crippen LogP contribution >= 0.6 is 0 Å². The maximum atomic E-state index is 4.66. The van der Waals surface area contributed by atoms with Crippen LogP contribution in [0.25, 0.3) is 11.0 Å². The van der Waals surface area contributed by atoms with Gasteiger partial charge in [-0.25, -0.2) is 0 Å². The molecule has 0 aliphatic carbocycles. The molecule has 0 aliphatic rings. The zero-order valence-electron chi connectivity index (χ0n) is 15.4. The third kappa shape index (κ3) is 6.06. The highest BCUT2D eigenvalue weighted by molar-refractivity contribution is 5.90. The number of fused-ring (bicyclic) bond motifs is 1. The van der Waals surface area contributed by atoms with Crippen molar-refractivity contribution in [2.45, 2.75) is 78.1 Å². The van der Waals surface area contributed by atoms with Crippen molar-refractivity contribution in [2.24, 2.45) is 4.99 Å². The molecule has 1 aromatic carbocycles. The molecule has 0 saturated carbocycles. The Labute approximate surface area is 146 Å². The molecule has 24 heavy (non-hydrogen) atoms. The third-order valence-electron chi connectivity index (χ3n) is 4.51. The van der Waals surface area contributed by atoms with Crippen LogP contribution in [0.3, 0.4) is 0 Å². The van der Waals surface area contributed by atoms with Gasteiger partial charge in [0.1, 0.15) is 11.4 Å². The van der Waals surface area contributed by atoms with Gasteiger partial charge in [-0.15, -0.1) is 5.10 Å². The molecular formula is C20H32N4. The molecule has 1 aromatic heterocycles. The van der Waals surface area contributed by atoms with E-state index in [-0.39, 0.29) is 0 Å². The topological polar surface area (TPSA) is 43.1 Å². The summed E-state index contributed by atoms with van der Waals surface area (Å²) in [5.74, 6) is 0.930. The van der Waals surface area contributed by atoms with Gasteiger partial charge in [0.2, 0.25) is 0 Å². The fraction of sp³-hybridized carbons (Fsp3) is 0.650. The Balaban J connectivity index is 1.59. The Morgan fingerprint density at radius 1 is 0.917 bits per heavy atom. The normalized spacial score (nSPS) is 12.2. The lowest BCUT2D eigenvalue weighted by Gasteiger charge is -2.03. The van der Waals surface area contributed by atoms with Crippen molar-refractivity contribution in [2.75, 3.05) is 6.54 Å². The highest BCUT2D eigenvalue weighted by Gasteiger charge is 2.04. The van der Waals surface area contributed by atoms with Gasteiger partial charge in [0.15, 0.2) is 0 Å². The van der Waals surface area contributed by atoms with Crippen LogP contribution in [0.1, 0.15) is 78.1 Å². The lowest BCUT2D eigenvalue weighted by atomic mass is 10.1. The van der Waals surface area contributed by atoms with Gasteiger partial charge in [0.25, 0.3) is 0 Å². The standard InChI is InChI=1S/C20H32N4/c1-3-4-5-6-7-8-9-10-11-14-17-21-18(2)24-20-16-13-12-15-19(20)22-23-24/h12-13,15-16H,3-11,14,17H2,1-2H3. The molecule has 0 amide bonds. The number of aliphatic imine (C=N–C) groups is 1. The number of hydrogen-bond acceptors (Lipinski definition) is 3. The van der Waals surface area contributed by atoms with Crippen molar-refractivity contribution < 1.29 is 0 Å². The molecule has 4 nitrogen and oxygen atoms in total. The highest BCUT2D eigenvalue weighted by Crippen LogP contribution is 2.11. The Kier molecular flexibility index (Phi) is 8.50. The number of hydrogen-bond donors (Lipinski definition) is 0. The summed E-state index contributed by atoms with van der Waals surface area (Å²) in [5, 5.41) is 8.38. The minimum absolute atomic E-state index is 0.885. The predicted molar refractivity (Wildman–Crippen MR) is 103 cm³/mol. The van der Waals surface area contributed by atoms with Crippen LogP contribution in [0.5, 0.6) is 0 Å². The van der Waals surface area contributed by atoms with E-state index in [0.29, 0.717) is 0 Å². The summed E-state index contributed by atoms with van der Waals surface area (Å²) in [6.07, 6.45) is 13.6. The first-order valence-electron chi connectivity index (χ1n) is 9.65. The van der Waals surface area contributed by atoms with Crippen LogP contribution in [-0.4, -0.2) is 27.4 Å². The van der Waals surface area contributed by atoms with Gasteiger partial charge in [-0.1, -0.05) is 82.1 Å². The molecule has 132 valence electrons. The first-order valence-corrected chi connectivity index (χ1v) is 9.65. The maximum absolute atomic E-state index is 4.66. The summed E-state index contributed by atoms with van der Waals surface area (Å²) in [7, 11) is 0. The fourth-order valence-corrected chi connectivity index (χ4v) is 3.02. The number of nitrogens with zero attached hydrogens (tertiary/aromatic N) is 4. The van der Waals surface area contributed by atoms with Crippen molar-refractivity contribution in [1.29, 1.82) is 0 Å². The summed E-state index contributed by atoms with van der Waals surface area (Å²) < 4.78 is 1.84. The Morgan fingerprint density at radius 2 is 1.54 bits per heavy atom. The zero-order valence-corrected chi connectivity index (χ0v) is 15.4. The van der Waals surface area contributed by atoms with Gasteiger partial charge >= 0.3 is 0 Å². The van der Waals surface area contributed by atoms with Crippen LogP contribution in [0, 0.1) is 0 Å². The van der Waals surface area contributed by atoms with E-state index < -0.39 is 0 Å². The summed E-state index contributed by atoms with van der Waals surface area (Å²) in [6, 6.07) is 8.01. The van der Waals surface area contributed by atoms with Crippen LogP contribution in [0.2, 0.25) is 0 Å². The van der Waals surface area contributed by atoms with Crippen molar-refractivity contribution in [3.63, 3.8) is 0 Å². The van der Waals surface area contributed by atoms with Crippen LogP contribution < -0.4 is 0 Å². The summed E-state index contributed by atoms with van der Waals surface area (Å²) in [6.45, 7) is 5.17. The molecule has 0 unspecified atom stereocenters. The lowest BCUT2D eigenvalue weighted by Crippen LogP contribution is -2.10. The Morgan fingerprint density at radius 3 is 2.25 bits per heavy atom. The molecule has 4 heteroatoms. The fourth-order valence-electron chi connectivity index (χ4n) is 3.02. The molecule has 0 spiro atoms. The Hall–Kier alpha value is -1.71. The second-order valence-electron chi connectivity index (χ2n) is 6.60. The average molecular weight is 329 g/mol. The van der Waals surface area contributed by atoms with Crippen LogP contribution in [0.4, 0.5) is 0 Å². The number of unbranched alkanes of at least 4 members (excludes halogenated alkanes) is 9. The van der Waals surface area contributed by atoms with E-state index in [9.17, 15) is 0 Å². The van der Waals surface area contributed by atoms with Crippen molar-refractivity contribution >= 4 is 16.9 Å². The largest absolute Gasteiger partial charge is 0.271 e. The molecule has 0 atom stereocenters. The quantitative estimate of drug-likeness (QED) is 0.305. The minimum Gasteiger partial charge on any atom is -0.271 e. The van der Waals surface area contributed by atoms with Crippen molar-refractivity contribution in [1.82, 2.24) is 15.0 Å². The molecule has 0 fully saturated rings. The van der Waals surface area contributed by atoms with Crippen molar-refractivity contribution in [3.8, 4) is 0 Å². The molecule has 0 bridgehead atoms. The predicted octanol–water partition coefficient (Wildman–Crippen LogP) is 5.62. The molecule has 0 aliphatic heterocycles. The van der Waals surface area contributed by atoms with E-state index in [2.05, 4.69) is 22.2 Å². The maximum Gasteiger partial charge on any atom is 0.124 e. The number of aromatic nitrogens is 3. The van der Waals surface area contributed by atoms with Crippen LogP contribution in [0.15, 0.2) is 29.3 Å². The van der Waals surface area contributed by atoms with E-state index in [4.69, 9.17) is 0 Å². The summed E-state index contributed by atoms with van der Waals surface area (Å²) >= 11 is 0. The molecule has 0 N–H and O–H groups in total. The average Bonchev–Trinajstić information content (AvgIpc) is 3.03. The second-order valence-corrected chi connectivity index (χ2v) is 6.60. The van der Waals surface area contributed by atoms with E-state index >= 15 is 0 Å². The van der Waals surface area contributed by atoms with E-state index in [1.807, 2.05) is 35.9 Å². The van der Waals surface area contributed by atoms with Crippen molar-refractivity contribution in [3.05, 3.63) is 24.3 Å². The van der Waals surface area contributed by atoms with Gasteiger partial charge in [-0.2, -0.15) is 4.68 Å². The molecule has 2 aromatic rings. The van der Waals surface area contributed by atoms with Gasteiger partial charge in [0, 0.05) is 6.54 Å². The molecule has 1 heterocycles. The molecule has 0 saturated heterocycles. The van der Waals surface area contributed by atoms with Gasteiger partial charge in [-0.05, 0) is 25.5 Å². The molecular weight excluding hydrogens is 296 g/mol. The summed E-state index contributed by atoms with van der Waals surface area (Å²) in [5.41, 5.74) is 1.95. The van der Waals surface area contributed by atoms with Gasteiger partial charge < -0.3 is 0 Å². The zero-order chi connectivity index (χ0) is 17.0. The molecule has 2 rings (SSSR count). The number of rotatable bonds is 11. The monoisotopic (exact) mass is 328 g/mol. The van der Waals surface area contributed by atoms with Gasteiger partial charge in [-0.3, -0.25) is 4.99 Å². The van der Waals surface area contributed by atoms with E-state index in [0.717, 1.165) is 23.4 Å².